The molecule has 20 heavy (non-hydrogen) atoms. The van der Waals surface area contributed by atoms with Crippen molar-refractivity contribution in [2.24, 2.45) is 5.92 Å². The highest BCUT2D eigenvalue weighted by Crippen LogP contribution is 2.19. The largest absolute Gasteiger partial charge is 0.480 e. The van der Waals surface area contributed by atoms with Crippen molar-refractivity contribution in [2.75, 3.05) is 46.8 Å². The molecule has 5 nitrogen and oxygen atoms in total. The molecule has 1 aliphatic heterocycles. The molecule has 0 bridgehead atoms. The van der Waals surface area contributed by atoms with Crippen molar-refractivity contribution in [3.63, 3.8) is 0 Å². The summed E-state index contributed by atoms with van der Waals surface area (Å²) in [5, 5.41) is 12.7. The molecule has 0 aromatic heterocycles. The van der Waals surface area contributed by atoms with E-state index in [1.54, 1.807) is 6.92 Å². The summed E-state index contributed by atoms with van der Waals surface area (Å²) >= 11 is 0. The summed E-state index contributed by atoms with van der Waals surface area (Å²) in [6, 6.07) is 0. The quantitative estimate of drug-likeness (QED) is 0.699. The zero-order chi connectivity index (χ0) is 15.2. The van der Waals surface area contributed by atoms with Crippen LogP contribution < -0.4 is 5.32 Å². The average Bonchev–Trinajstić information content (AvgIpc) is 2.38. The molecule has 1 heterocycles. The summed E-state index contributed by atoms with van der Waals surface area (Å²) in [4.78, 5) is 16.0. The van der Waals surface area contributed by atoms with Crippen LogP contribution in [-0.4, -0.2) is 73.2 Å². The number of carbonyl (C=O) groups is 1. The molecule has 1 atom stereocenters. The maximum Gasteiger partial charge on any atom is 0.324 e. The van der Waals surface area contributed by atoms with Crippen LogP contribution in [0, 0.1) is 5.92 Å². The maximum absolute atomic E-state index is 11.5. The predicted octanol–water partition coefficient (Wildman–Crippen LogP) is 1.10. The van der Waals surface area contributed by atoms with Gasteiger partial charge in [-0.15, -0.1) is 0 Å². The van der Waals surface area contributed by atoms with E-state index >= 15 is 0 Å². The van der Waals surface area contributed by atoms with Gasteiger partial charge in [0.25, 0.3) is 0 Å². The fourth-order valence-electron chi connectivity index (χ4n) is 2.89. The van der Waals surface area contributed by atoms with E-state index in [0.29, 0.717) is 6.54 Å². The smallest absolute Gasteiger partial charge is 0.324 e. The van der Waals surface area contributed by atoms with Gasteiger partial charge in [-0.3, -0.25) is 4.79 Å². The Morgan fingerprint density at radius 2 is 2.00 bits per heavy atom. The van der Waals surface area contributed by atoms with Crippen LogP contribution in [0.4, 0.5) is 0 Å². The number of rotatable bonds is 8. The molecule has 118 valence electrons. The Hall–Kier alpha value is -0.650. The molecular weight excluding hydrogens is 254 g/mol. The average molecular weight is 285 g/mol. The minimum absolute atomic E-state index is 0.594. The molecule has 5 heteroatoms. The Labute approximate surface area is 123 Å². The Morgan fingerprint density at radius 1 is 1.40 bits per heavy atom. The molecular formula is C15H31N3O2. The third kappa shape index (κ3) is 5.38. The van der Waals surface area contributed by atoms with Crippen molar-refractivity contribution in [3.8, 4) is 0 Å². The Kier molecular flexibility index (Phi) is 6.92. The van der Waals surface area contributed by atoms with Gasteiger partial charge >= 0.3 is 5.97 Å². The lowest BCUT2D eigenvalue weighted by molar-refractivity contribution is -0.145. The van der Waals surface area contributed by atoms with Crippen molar-refractivity contribution in [2.45, 2.75) is 38.6 Å². The SMILES string of the molecule is CCCNC(C)(CN1CCC(CN(C)C)CC1)C(=O)O. The van der Waals surface area contributed by atoms with E-state index in [1.165, 1.54) is 12.8 Å². The van der Waals surface area contributed by atoms with E-state index in [1.807, 2.05) is 0 Å². The van der Waals surface area contributed by atoms with E-state index in [0.717, 1.165) is 38.5 Å². The second-order valence-corrected chi connectivity index (χ2v) is 6.55. The lowest BCUT2D eigenvalue weighted by atomic mass is 9.94. The number of hydrogen-bond donors (Lipinski definition) is 2. The van der Waals surface area contributed by atoms with Gasteiger partial charge in [0.05, 0.1) is 0 Å². The monoisotopic (exact) mass is 285 g/mol. The van der Waals surface area contributed by atoms with Gasteiger partial charge in [0.15, 0.2) is 0 Å². The third-order valence-corrected chi connectivity index (χ3v) is 4.11. The van der Waals surface area contributed by atoms with Crippen LogP contribution in [0.2, 0.25) is 0 Å². The van der Waals surface area contributed by atoms with Crippen LogP contribution >= 0.6 is 0 Å². The first-order valence-corrected chi connectivity index (χ1v) is 7.73. The molecule has 0 aromatic rings. The summed E-state index contributed by atoms with van der Waals surface area (Å²) in [5.41, 5.74) is -0.829. The highest BCUT2D eigenvalue weighted by atomic mass is 16.4. The van der Waals surface area contributed by atoms with Gasteiger partial charge in [-0.2, -0.15) is 0 Å². The van der Waals surface area contributed by atoms with Crippen LogP contribution in [0.15, 0.2) is 0 Å². The second-order valence-electron chi connectivity index (χ2n) is 6.55. The van der Waals surface area contributed by atoms with E-state index in [-0.39, 0.29) is 0 Å². The number of nitrogens with zero attached hydrogens (tertiary/aromatic N) is 2. The standard InChI is InChI=1S/C15H31N3O2/c1-5-8-16-15(2,14(19)20)12-18-9-6-13(7-10-18)11-17(3)4/h13,16H,5-12H2,1-4H3,(H,19,20). The lowest BCUT2D eigenvalue weighted by Gasteiger charge is -2.38. The van der Waals surface area contributed by atoms with E-state index in [4.69, 9.17) is 0 Å². The number of carboxylic acid groups (broad SMARTS) is 1. The van der Waals surface area contributed by atoms with Gasteiger partial charge < -0.3 is 20.2 Å². The van der Waals surface area contributed by atoms with Crippen LogP contribution in [0.5, 0.6) is 0 Å². The molecule has 1 rings (SSSR count). The first-order valence-electron chi connectivity index (χ1n) is 7.73. The molecule has 0 aromatic carbocycles. The van der Waals surface area contributed by atoms with Crippen LogP contribution in [0.1, 0.15) is 33.1 Å². The minimum atomic E-state index is -0.829. The zero-order valence-corrected chi connectivity index (χ0v) is 13.5. The van der Waals surface area contributed by atoms with Crippen LogP contribution in [0.25, 0.3) is 0 Å². The van der Waals surface area contributed by atoms with Gasteiger partial charge in [0, 0.05) is 13.1 Å². The van der Waals surface area contributed by atoms with Gasteiger partial charge in [0.1, 0.15) is 5.54 Å². The van der Waals surface area contributed by atoms with Gasteiger partial charge in [-0.05, 0) is 65.8 Å². The first kappa shape index (κ1) is 17.4. The summed E-state index contributed by atoms with van der Waals surface area (Å²) < 4.78 is 0. The van der Waals surface area contributed by atoms with Crippen molar-refractivity contribution in [3.05, 3.63) is 0 Å². The molecule has 1 fully saturated rings. The second kappa shape index (κ2) is 7.96. The summed E-state index contributed by atoms with van der Waals surface area (Å²) in [5.74, 6) is 0.00213. The van der Waals surface area contributed by atoms with Crippen molar-refractivity contribution in [1.29, 1.82) is 0 Å². The van der Waals surface area contributed by atoms with Gasteiger partial charge in [-0.1, -0.05) is 6.92 Å². The fraction of sp³-hybridized carbons (Fsp3) is 0.933. The van der Waals surface area contributed by atoms with E-state index < -0.39 is 11.5 Å². The molecule has 0 amide bonds. The van der Waals surface area contributed by atoms with E-state index in [9.17, 15) is 9.90 Å². The molecule has 1 aliphatic rings. The van der Waals surface area contributed by atoms with Gasteiger partial charge in [-0.25, -0.2) is 0 Å². The van der Waals surface area contributed by atoms with Crippen molar-refractivity contribution >= 4 is 5.97 Å². The van der Waals surface area contributed by atoms with Crippen molar-refractivity contribution < 1.29 is 9.90 Å². The molecule has 2 N–H and O–H groups in total. The van der Waals surface area contributed by atoms with Crippen LogP contribution in [-0.2, 0) is 4.79 Å². The normalized spacial score (nSPS) is 21.1. The number of carboxylic acids is 1. The minimum Gasteiger partial charge on any atom is -0.480 e. The highest BCUT2D eigenvalue weighted by molar-refractivity contribution is 5.78. The Balaban J connectivity index is 2.45. The number of hydrogen-bond acceptors (Lipinski definition) is 4. The molecule has 0 saturated carbocycles. The number of nitrogens with one attached hydrogen (secondary N) is 1. The van der Waals surface area contributed by atoms with Crippen LogP contribution in [0.3, 0.4) is 0 Å². The third-order valence-electron chi connectivity index (χ3n) is 4.11. The Bertz CT molecular complexity index is 301. The van der Waals surface area contributed by atoms with Crippen molar-refractivity contribution in [1.82, 2.24) is 15.1 Å². The summed E-state index contributed by atoms with van der Waals surface area (Å²) in [7, 11) is 4.23. The molecule has 0 aliphatic carbocycles. The summed E-state index contributed by atoms with van der Waals surface area (Å²) in [6.07, 6.45) is 3.29. The first-order chi connectivity index (χ1) is 9.37. The van der Waals surface area contributed by atoms with E-state index in [2.05, 4.69) is 36.1 Å². The number of piperidine rings is 1. The van der Waals surface area contributed by atoms with Gasteiger partial charge in [0.2, 0.25) is 0 Å². The number of likely N-dealkylation sites (tertiary alicyclic amines) is 1. The molecule has 0 spiro atoms. The summed E-state index contributed by atoms with van der Waals surface area (Å²) in [6.45, 7) is 8.36. The molecule has 0 radical (unpaired) electrons. The zero-order valence-electron chi connectivity index (χ0n) is 13.5. The number of aliphatic carboxylic acids is 1. The highest BCUT2D eigenvalue weighted by Gasteiger charge is 2.35. The molecule has 1 unspecified atom stereocenters. The predicted molar refractivity (Wildman–Crippen MR) is 82.1 cm³/mol. The lowest BCUT2D eigenvalue weighted by Crippen LogP contribution is -2.58. The molecule has 1 saturated heterocycles. The maximum atomic E-state index is 11.5. The Morgan fingerprint density at radius 3 is 2.45 bits per heavy atom. The fourth-order valence-corrected chi connectivity index (χ4v) is 2.89. The topological polar surface area (TPSA) is 55.8 Å².